The molecule has 0 aliphatic heterocycles. The molecule has 12 heavy (non-hydrogen) atoms. The molecule has 0 saturated carbocycles. The smallest absolute Gasteiger partial charge is 0.215 e. The van der Waals surface area contributed by atoms with Gasteiger partial charge in [0, 0.05) is 0 Å². The van der Waals surface area contributed by atoms with Crippen LogP contribution in [0.4, 0.5) is 0 Å². The van der Waals surface area contributed by atoms with Crippen LogP contribution in [0.25, 0.3) is 11.0 Å². The van der Waals surface area contributed by atoms with Gasteiger partial charge in [-0.2, -0.15) is 0 Å². The second-order valence-electron chi connectivity index (χ2n) is 2.57. The highest BCUT2D eigenvalue weighted by Gasteiger charge is 1.98. The average Bonchev–Trinajstić information content (AvgIpc) is 2.03. The number of aromatic nitrogens is 3. The molecule has 1 aromatic carbocycles. The van der Waals surface area contributed by atoms with Gasteiger partial charge >= 0.3 is 0 Å². The number of benzene rings is 1. The molecule has 0 aliphatic carbocycles. The number of aryl methyl sites for hydroxylation is 1. The third-order valence-corrected chi connectivity index (χ3v) is 1.74. The minimum absolute atomic E-state index is 0.188. The molecule has 4 heteroatoms. The van der Waals surface area contributed by atoms with E-state index in [1.807, 2.05) is 25.1 Å². The largest absolute Gasteiger partial charge is 0.243 e. The predicted molar refractivity (Wildman–Crippen MR) is 47.1 cm³/mol. The van der Waals surface area contributed by atoms with Crippen LogP contribution in [0.15, 0.2) is 18.2 Å². The van der Waals surface area contributed by atoms with E-state index in [2.05, 4.69) is 15.2 Å². The van der Waals surface area contributed by atoms with Gasteiger partial charge in [0.05, 0.1) is 5.52 Å². The number of fused-ring (bicyclic) bond motifs is 1. The summed E-state index contributed by atoms with van der Waals surface area (Å²) in [4.78, 5) is 4.03. The second kappa shape index (κ2) is 2.68. The third-order valence-electron chi connectivity index (χ3n) is 1.58. The van der Waals surface area contributed by atoms with Crippen molar-refractivity contribution >= 4 is 22.6 Å². The highest BCUT2D eigenvalue weighted by Crippen LogP contribution is 2.11. The van der Waals surface area contributed by atoms with E-state index in [1.54, 1.807) is 0 Å². The minimum Gasteiger partial charge on any atom is -0.215 e. The van der Waals surface area contributed by atoms with Crippen LogP contribution < -0.4 is 0 Å². The van der Waals surface area contributed by atoms with Crippen molar-refractivity contribution in [3.8, 4) is 0 Å². The van der Waals surface area contributed by atoms with E-state index in [1.165, 1.54) is 0 Å². The monoisotopic (exact) mass is 179 g/mol. The molecule has 60 valence electrons. The molecule has 1 aromatic heterocycles. The van der Waals surface area contributed by atoms with Gasteiger partial charge in [0.15, 0.2) is 0 Å². The summed E-state index contributed by atoms with van der Waals surface area (Å²) < 4.78 is 0. The molecule has 2 rings (SSSR count). The van der Waals surface area contributed by atoms with Crippen molar-refractivity contribution in [3.63, 3.8) is 0 Å². The van der Waals surface area contributed by atoms with Crippen LogP contribution in [0.5, 0.6) is 0 Å². The fourth-order valence-electron chi connectivity index (χ4n) is 1.02. The summed E-state index contributed by atoms with van der Waals surface area (Å²) >= 11 is 5.59. The summed E-state index contributed by atoms with van der Waals surface area (Å²) in [6.45, 7) is 2.00. The normalized spacial score (nSPS) is 10.5. The molecule has 0 unspecified atom stereocenters. The van der Waals surface area contributed by atoms with Crippen LogP contribution in [0.2, 0.25) is 5.28 Å². The maximum atomic E-state index is 5.59. The zero-order valence-electron chi connectivity index (χ0n) is 6.45. The Hall–Kier alpha value is -1.22. The molecule has 0 atom stereocenters. The molecule has 0 fully saturated rings. The molecule has 0 amide bonds. The Morgan fingerprint density at radius 3 is 2.83 bits per heavy atom. The molecule has 0 bridgehead atoms. The van der Waals surface area contributed by atoms with Gasteiger partial charge in [-0.1, -0.05) is 6.07 Å². The van der Waals surface area contributed by atoms with Crippen molar-refractivity contribution in [1.29, 1.82) is 0 Å². The molecule has 2 aromatic rings. The second-order valence-corrected chi connectivity index (χ2v) is 2.91. The lowest BCUT2D eigenvalue weighted by Crippen LogP contribution is -1.89. The Labute approximate surface area is 74.4 Å². The predicted octanol–water partition coefficient (Wildman–Crippen LogP) is 1.99. The summed E-state index contributed by atoms with van der Waals surface area (Å²) in [7, 11) is 0. The van der Waals surface area contributed by atoms with E-state index < -0.39 is 0 Å². The van der Waals surface area contributed by atoms with Crippen LogP contribution in [0.1, 0.15) is 5.56 Å². The molecular weight excluding hydrogens is 174 g/mol. The summed E-state index contributed by atoms with van der Waals surface area (Å²) in [5.41, 5.74) is 2.69. The number of halogens is 1. The van der Waals surface area contributed by atoms with Crippen molar-refractivity contribution < 1.29 is 0 Å². The fourth-order valence-corrected chi connectivity index (χ4v) is 1.15. The first-order chi connectivity index (χ1) is 5.75. The van der Waals surface area contributed by atoms with Crippen molar-refractivity contribution in [2.45, 2.75) is 6.92 Å². The lowest BCUT2D eigenvalue weighted by Gasteiger charge is -1.95. The maximum Gasteiger partial charge on any atom is 0.243 e. The van der Waals surface area contributed by atoms with E-state index in [-0.39, 0.29) is 5.28 Å². The van der Waals surface area contributed by atoms with Gasteiger partial charge in [0.1, 0.15) is 5.52 Å². The van der Waals surface area contributed by atoms with Gasteiger partial charge in [0.25, 0.3) is 0 Å². The highest BCUT2D eigenvalue weighted by molar-refractivity contribution is 6.28. The Bertz CT molecular complexity index is 391. The standard InChI is InChI=1S/C8H6ClN3/c1-5-2-3-6-7(4-5)10-8(9)12-11-6/h2-4H,1H3. The van der Waals surface area contributed by atoms with Gasteiger partial charge < -0.3 is 0 Å². The quantitative estimate of drug-likeness (QED) is 0.621. The summed E-state index contributed by atoms with van der Waals surface area (Å²) in [6, 6.07) is 5.77. The van der Waals surface area contributed by atoms with Crippen molar-refractivity contribution in [2.24, 2.45) is 0 Å². The zero-order valence-corrected chi connectivity index (χ0v) is 7.21. The third kappa shape index (κ3) is 1.23. The molecule has 0 radical (unpaired) electrons. The molecular formula is C8H6ClN3. The first-order valence-corrected chi connectivity index (χ1v) is 3.90. The van der Waals surface area contributed by atoms with E-state index in [0.29, 0.717) is 0 Å². The number of nitrogens with zero attached hydrogens (tertiary/aromatic N) is 3. The molecule has 3 nitrogen and oxygen atoms in total. The van der Waals surface area contributed by atoms with Crippen molar-refractivity contribution in [3.05, 3.63) is 29.0 Å². The van der Waals surface area contributed by atoms with Crippen LogP contribution in [0, 0.1) is 6.92 Å². The van der Waals surface area contributed by atoms with E-state index in [4.69, 9.17) is 11.6 Å². The van der Waals surface area contributed by atoms with Crippen LogP contribution >= 0.6 is 11.6 Å². The van der Waals surface area contributed by atoms with Crippen molar-refractivity contribution in [1.82, 2.24) is 15.2 Å². The van der Waals surface area contributed by atoms with Crippen LogP contribution in [0.3, 0.4) is 0 Å². The van der Waals surface area contributed by atoms with Crippen LogP contribution in [-0.2, 0) is 0 Å². The average molecular weight is 180 g/mol. The van der Waals surface area contributed by atoms with Gasteiger partial charge in [0.2, 0.25) is 5.28 Å². The highest BCUT2D eigenvalue weighted by atomic mass is 35.5. The first kappa shape index (κ1) is 7.43. The number of hydrogen-bond acceptors (Lipinski definition) is 3. The lowest BCUT2D eigenvalue weighted by atomic mass is 10.2. The number of hydrogen-bond donors (Lipinski definition) is 0. The van der Waals surface area contributed by atoms with E-state index in [0.717, 1.165) is 16.6 Å². The van der Waals surface area contributed by atoms with Crippen molar-refractivity contribution in [2.75, 3.05) is 0 Å². The van der Waals surface area contributed by atoms with E-state index in [9.17, 15) is 0 Å². The Balaban J connectivity index is 2.80. The Morgan fingerprint density at radius 2 is 2.00 bits per heavy atom. The topological polar surface area (TPSA) is 38.7 Å². The molecule has 1 heterocycles. The minimum atomic E-state index is 0.188. The summed E-state index contributed by atoms with van der Waals surface area (Å²) in [5.74, 6) is 0. The first-order valence-electron chi connectivity index (χ1n) is 3.52. The zero-order chi connectivity index (χ0) is 8.55. The lowest BCUT2D eigenvalue weighted by molar-refractivity contribution is 1.02. The Morgan fingerprint density at radius 1 is 1.17 bits per heavy atom. The molecule has 0 saturated heterocycles. The van der Waals surface area contributed by atoms with Gasteiger partial charge in [-0.15, -0.1) is 10.2 Å². The number of rotatable bonds is 0. The van der Waals surface area contributed by atoms with Gasteiger partial charge in [-0.25, -0.2) is 4.98 Å². The Kier molecular flexibility index (Phi) is 1.66. The fraction of sp³-hybridized carbons (Fsp3) is 0.125. The van der Waals surface area contributed by atoms with Gasteiger partial charge in [-0.3, -0.25) is 0 Å². The molecule has 0 N–H and O–H groups in total. The summed E-state index contributed by atoms with van der Waals surface area (Å²) in [5, 5.41) is 7.71. The van der Waals surface area contributed by atoms with Crippen LogP contribution in [-0.4, -0.2) is 15.2 Å². The maximum absolute atomic E-state index is 5.59. The SMILES string of the molecule is Cc1ccc2nnc(Cl)nc2c1. The van der Waals surface area contributed by atoms with E-state index >= 15 is 0 Å². The summed E-state index contributed by atoms with van der Waals surface area (Å²) in [6.07, 6.45) is 0. The molecule has 0 spiro atoms. The molecule has 0 aliphatic rings. The van der Waals surface area contributed by atoms with Gasteiger partial charge in [-0.05, 0) is 36.2 Å².